The first-order valence-electron chi connectivity index (χ1n) is 7.66. The molecule has 0 aliphatic heterocycles. The molecule has 5 heteroatoms. The van der Waals surface area contributed by atoms with E-state index in [9.17, 15) is 0 Å². The van der Waals surface area contributed by atoms with Crippen LogP contribution in [0.4, 0.5) is 17.5 Å². The van der Waals surface area contributed by atoms with Crippen molar-refractivity contribution in [1.29, 1.82) is 0 Å². The Hall–Kier alpha value is -2.14. The van der Waals surface area contributed by atoms with Gasteiger partial charge in [-0.15, -0.1) is 0 Å². The van der Waals surface area contributed by atoms with E-state index in [4.69, 9.17) is 4.74 Å². The summed E-state index contributed by atoms with van der Waals surface area (Å²) in [7, 11) is 1.70. The van der Waals surface area contributed by atoms with Gasteiger partial charge in [-0.25, -0.2) is 4.98 Å². The first-order valence-corrected chi connectivity index (χ1v) is 7.66. The van der Waals surface area contributed by atoms with Crippen LogP contribution in [0.25, 0.3) is 0 Å². The molecule has 0 saturated heterocycles. The number of aromatic nitrogens is 2. The molecule has 2 aromatic rings. The summed E-state index contributed by atoms with van der Waals surface area (Å²) in [5.74, 6) is 1.43. The third-order valence-corrected chi connectivity index (χ3v) is 3.46. The number of anilines is 3. The van der Waals surface area contributed by atoms with Crippen molar-refractivity contribution in [3.63, 3.8) is 0 Å². The lowest BCUT2D eigenvalue weighted by atomic mass is 10.1. The first-order chi connectivity index (χ1) is 10.7. The molecule has 5 nitrogen and oxygen atoms in total. The van der Waals surface area contributed by atoms with Crippen LogP contribution < -0.4 is 10.6 Å². The molecule has 0 amide bonds. The lowest BCUT2D eigenvalue weighted by Crippen LogP contribution is -2.08. The van der Waals surface area contributed by atoms with Crippen LogP contribution in [0.2, 0.25) is 0 Å². The van der Waals surface area contributed by atoms with Gasteiger partial charge in [-0.2, -0.15) is 4.98 Å². The summed E-state index contributed by atoms with van der Waals surface area (Å²) in [6.07, 6.45) is 3.67. The molecule has 0 spiro atoms. The van der Waals surface area contributed by atoms with E-state index < -0.39 is 0 Å². The van der Waals surface area contributed by atoms with E-state index in [2.05, 4.69) is 52.6 Å². The van der Waals surface area contributed by atoms with E-state index in [1.807, 2.05) is 6.07 Å². The Morgan fingerprint density at radius 3 is 2.86 bits per heavy atom. The zero-order chi connectivity index (χ0) is 15.8. The van der Waals surface area contributed by atoms with Crippen LogP contribution in [0.3, 0.4) is 0 Å². The monoisotopic (exact) mass is 300 g/mol. The molecule has 0 atom stereocenters. The van der Waals surface area contributed by atoms with Gasteiger partial charge in [-0.3, -0.25) is 0 Å². The fourth-order valence-corrected chi connectivity index (χ4v) is 2.26. The molecule has 2 rings (SSSR count). The number of nitrogens with zero attached hydrogens (tertiary/aromatic N) is 2. The number of rotatable bonds is 8. The maximum absolute atomic E-state index is 5.03. The minimum atomic E-state index is 0.632. The molecule has 0 aliphatic carbocycles. The fraction of sp³-hybridized carbons (Fsp3) is 0.412. The standard InChI is InChI=1S/C17H24N4O/c1-4-14-8-5-7-13(2)16(14)20-15-9-11-19-17(21-15)18-10-6-12-22-3/h5,7-9,11H,4,6,10,12H2,1-3H3,(H2,18,19,20,21). The van der Waals surface area contributed by atoms with Crippen LogP contribution in [0.5, 0.6) is 0 Å². The lowest BCUT2D eigenvalue weighted by molar-refractivity contribution is 0.197. The van der Waals surface area contributed by atoms with Crippen molar-refractivity contribution in [2.75, 3.05) is 30.9 Å². The summed E-state index contributed by atoms with van der Waals surface area (Å²) in [6.45, 7) is 5.78. The van der Waals surface area contributed by atoms with Gasteiger partial charge in [-0.05, 0) is 37.0 Å². The van der Waals surface area contributed by atoms with E-state index in [0.717, 1.165) is 37.5 Å². The van der Waals surface area contributed by atoms with Crippen LogP contribution in [0, 0.1) is 6.92 Å². The van der Waals surface area contributed by atoms with Gasteiger partial charge in [0.1, 0.15) is 5.82 Å². The predicted octanol–water partition coefficient (Wildman–Crippen LogP) is 3.54. The van der Waals surface area contributed by atoms with Gasteiger partial charge in [0.25, 0.3) is 0 Å². The van der Waals surface area contributed by atoms with Crippen molar-refractivity contribution in [2.24, 2.45) is 0 Å². The van der Waals surface area contributed by atoms with Crippen molar-refractivity contribution in [1.82, 2.24) is 9.97 Å². The second-order valence-electron chi connectivity index (χ2n) is 5.13. The van der Waals surface area contributed by atoms with Crippen LogP contribution >= 0.6 is 0 Å². The zero-order valence-electron chi connectivity index (χ0n) is 13.5. The highest BCUT2D eigenvalue weighted by atomic mass is 16.5. The maximum Gasteiger partial charge on any atom is 0.224 e. The highest BCUT2D eigenvalue weighted by Crippen LogP contribution is 2.24. The van der Waals surface area contributed by atoms with E-state index in [-0.39, 0.29) is 0 Å². The van der Waals surface area contributed by atoms with Crippen LogP contribution in [0.1, 0.15) is 24.5 Å². The number of hydrogen-bond acceptors (Lipinski definition) is 5. The number of para-hydroxylation sites is 1. The van der Waals surface area contributed by atoms with Gasteiger partial charge in [0.15, 0.2) is 0 Å². The quantitative estimate of drug-likeness (QED) is 0.730. The number of methoxy groups -OCH3 is 1. The third-order valence-electron chi connectivity index (χ3n) is 3.46. The molecule has 22 heavy (non-hydrogen) atoms. The van der Waals surface area contributed by atoms with Gasteiger partial charge >= 0.3 is 0 Å². The SMILES string of the molecule is CCc1cccc(C)c1Nc1ccnc(NCCCOC)n1. The van der Waals surface area contributed by atoms with Crippen molar-refractivity contribution >= 4 is 17.5 Å². The molecular formula is C17H24N4O. The summed E-state index contributed by atoms with van der Waals surface area (Å²) < 4.78 is 5.03. The number of nitrogens with one attached hydrogen (secondary N) is 2. The van der Waals surface area contributed by atoms with Crippen LogP contribution in [0.15, 0.2) is 30.5 Å². The third kappa shape index (κ3) is 4.43. The molecule has 0 unspecified atom stereocenters. The Balaban J connectivity index is 2.07. The highest BCUT2D eigenvalue weighted by molar-refractivity contribution is 5.65. The summed E-state index contributed by atoms with van der Waals surface area (Å²) in [5.41, 5.74) is 3.63. The van der Waals surface area contributed by atoms with Crippen LogP contribution in [-0.2, 0) is 11.2 Å². The Morgan fingerprint density at radius 1 is 1.23 bits per heavy atom. The molecule has 0 aliphatic rings. The second-order valence-corrected chi connectivity index (χ2v) is 5.13. The predicted molar refractivity (Wildman–Crippen MR) is 90.9 cm³/mol. The molecule has 2 N–H and O–H groups in total. The minimum Gasteiger partial charge on any atom is -0.385 e. The Labute approximate surface area is 132 Å². The van der Waals surface area contributed by atoms with Gasteiger partial charge in [0.05, 0.1) is 0 Å². The Kier molecular flexibility index (Phi) is 6.15. The van der Waals surface area contributed by atoms with Gasteiger partial charge in [-0.1, -0.05) is 25.1 Å². The number of benzene rings is 1. The second kappa shape index (κ2) is 8.34. The van der Waals surface area contributed by atoms with Gasteiger partial charge < -0.3 is 15.4 Å². The summed E-state index contributed by atoms with van der Waals surface area (Å²) >= 11 is 0. The average molecular weight is 300 g/mol. The fourth-order valence-electron chi connectivity index (χ4n) is 2.26. The molecule has 0 fully saturated rings. The Morgan fingerprint density at radius 2 is 2.09 bits per heavy atom. The topological polar surface area (TPSA) is 59.1 Å². The normalized spacial score (nSPS) is 10.5. The van der Waals surface area contributed by atoms with E-state index in [0.29, 0.717) is 5.95 Å². The average Bonchev–Trinajstić information content (AvgIpc) is 2.54. The molecule has 1 heterocycles. The van der Waals surface area contributed by atoms with E-state index >= 15 is 0 Å². The molecule has 1 aromatic heterocycles. The largest absolute Gasteiger partial charge is 0.385 e. The molecule has 1 aromatic carbocycles. The van der Waals surface area contributed by atoms with Crippen molar-refractivity contribution in [3.05, 3.63) is 41.6 Å². The first kappa shape index (κ1) is 16.2. The molecule has 118 valence electrons. The highest BCUT2D eigenvalue weighted by Gasteiger charge is 2.06. The van der Waals surface area contributed by atoms with Crippen molar-refractivity contribution in [3.8, 4) is 0 Å². The van der Waals surface area contributed by atoms with E-state index in [1.54, 1.807) is 13.3 Å². The zero-order valence-corrected chi connectivity index (χ0v) is 13.5. The minimum absolute atomic E-state index is 0.632. The van der Waals surface area contributed by atoms with E-state index in [1.165, 1.54) is 11.1 Å². The number of aryl methyl sites for hydroxylation is 2. The number of ether oxygens (including phenoxy) is 1. The molecular weight excluding hydrogens is 276 g/mol. The lowest BCUT2D eigenvalue weighted by Gasteiger charge is -2.14. The summed E-state index contributed by atoms with van der Waals surface area (Å²) in [5, 5.41) is 6.62. The van der Waals surface area contributed by atoms with Crippen LogP contribution in [-0.4, -0.2) is 30.2 Å². The van der Waals surface area contributed by atoms with Gasteiger partial charge in [0, 0.05) is 32.1 Å². The maximum atomic E-state index is 5.03. The summed E-state index contributed by atoms with van der Waals surface area (Å²) in [4.78, 5) is 8.75. The van der Waals surface area contributed by atoms with Crippen molar-refractivity contribution in [2.45, 2.75) is 26.7 Å². The Bertz CT molecular complexity index is 601. The molecule has 0 bridgehead atoms. The van der Waals surface area contributed by atoms with Crippen molar-refractivity contribution < 1.29 is 4.74 Å². The van der Waals surface area contributed by atoms with Gasteiger partial charge in [0.2, 0.25) is 5.95 Å². The molecule has 0 radical (unpaired) electrons. The number of hydrogen-bond donors (Lipinski definition) is 2. The summed E-state index contributed by atoms with van der Waals surface area (Å²) in [6, 6.07) is 8.21. The molecule has 0 saturated carbocycles. The smallest absolute Gasteiger partial charge is 0.224 e.